The lowest BCUT2D eigenvalue weighted by molar-refractivity contribution is -0.141. The van der Waals surface area contributed by atoms with Crippen LogP contribution < -0.4 is 5.32 Å². The van der Waals surface area contributed by atoms with Crippen molar-refractivity contribution in [3.8, 4) is 0 Å². The fourth-order valence-corrected chi connectivity index (χ4v) is 3.22. The summed E-state index contributed by atoms with van der Waals surface area (Å²) in [5.74, 6) is 0.140. The number of nitrogens with one attached hydrogen (secondary N) is 1. The van der Waals surface area contributed by atoms with Crippen LogP contribution in [-0.4, -0.2) is 29.3 Å². The van der Waals surface area contributed by atoms with Gasteiger partial charge in [-0.15, -0.1) is 0 Å². The number of halogens is 1. The van der Waals surface area contributed by atoms with Crippen molar-refractivity contribution in [2.24, 2.45) is 5.92 Å². The molecule has 0 radical (unpaired) electrons. The maximum absolute atomic E-state index is 13.2. The lowest BCUT2D eigenvalue weighted by Crippen LogP contribution is -2.50. The number of carbonyl (C=O) groups is 2. The second-order valence-electron chi connectivity index (χ2n) is 7.34. The van der Waals surface area contributed by atoms with E-state index in [1.54, 1.807) is 11.0 Å². The summed E-state index contributed by atoms with van der Waals surface area (Å²) >= 11 is 6.32. The minimum Gasteiger partial charge on any atom is -0.354 e. The van der Waals surface area contributed by atoms with E-state index in [1.807, 2.05) is 69.3 Å². The molecular weight excluding hydrogens is 372 g/mol. The molecule has 0 saturated heterocycles. The summed E-state index contributed by atoms with van der Waals surface area (Å²) in [6, 6.07) is 16.5. The third kappa shape index (κ3) is 6.38. The first-order valence-electron chi connectivity index (χ1n) is 9.76. The number of carbonyl (C=O) groups excluding carboxylic acids is 2. The van der Waals surface area contributed by atoms with Crippen LogP contribution in [0.5, 0.6) is 0 Å². The van der Waals surface area contributed by atoms with Crippen molar-refractivity contribution in [2.45, 2.75) is 46.2 Å². The molecule has 0 aliphatic rings. The largest absolute Gasteiger partial charge is 0.354 e. The molecule has 0 unspecified atom stereocenters. The van der Waals surface area contributed by atoms with Gasteiger partial charge in [0.05, 0.1) is 6.42 Å². The number of hydrogen-bond donors (Lipinski definition) is 1. The van der Waals surface area contributed by atoms with Gasteiger partial charge in [0, 0.05) is 18.1 Å². The molecule has 0 aliphatic heterocycles. The Labute approximate surface area is 172 Å². The second kappa shape index (κ2) is 10.9. The Morgan fingerprint density at radius 1 is 1.04 bits per heavy atom. The van der Waals surface area contributed by atoms with Gasteiger partial charge in [0.25, 0.3) is 0 Å². The zero-order valence-electron chi connectivity index (χ0n) is 16.8. The van der Waals surface area contributed by atoms with Gasteiger partial charge in [0.15, 0.2) is 0 Å². The zero-order chi connectivity index (χ0) is 20.5. The molecule has 1 N–H and O–H groups in total. The number of amides is 2. The highest BCUT2D eigenvalue weighted by atomic mass is 35.5. The van der Waals surface area contributed by atoms with Gasteiger partial charge < -0.3 is 10.2 Å². The Bertz CT molecular complexity index is 777. The molecule has 4 nitrogen and oxygen atoms in total. The molecular formula is C23H29ClN2O2. The Morgan fingerprint density at radius 2 is 1.68 bits per heavy atom. The summed E-state index contributed by atoms with van der Waals surface area (Å²) in [4.78, 5) is 27.6. The SMILES string of the molecule is CC[C@@H](C(=O)NCC(C)C)N(Cc1ccccc1Cl)C(=O)Cc1ccccc1. The number of benzene rings is 2. The zero-order valence-corrected chi connectivity index (χ0v) is 17.6. The van der Waals surface area contributed by atoms with E-state index in [4.69, 9.17) is 11.6 Å². The normalized spacial score (nSPS) is 11.9. The third-order valence-corrected chi connectivity index (χ3v) is 4.94. The van der Waals surface area contributed by atoms with Gasteiger partial charge >= 0.3 is 0 Å². The molecule has 0 aliphatic carbocycles. The monoisotopic (exact) mass is 400 g/mol. The molecule has 28 heavy (non-hydrogen) atoms. The number of rotatable bonds is 9. The first-order valence-corrected chi connectivity index (χ1v) is 10.1. The van der Waals surface area contributed by atoms with Crippen molar-refractivity contribution in [3.63, 3.8) is 0 Å². The van der Waals surface area contributed by atoms with Gasteiger partial charge in [-0.2, -0.15) is 0 Å². The van der Waals surface area contributed by atoms with Crippen LogP contribution in [-0.2, 0) is 22.6 Å². The summed E-state index contributed by atoms with van der Waals surface area (Å²) in [6.07, 6.45) is 0.786. The predicted molar refractivity (Wildman–Crippen MR) is 114 cm³/mol. The highest BCUT2D eigenvalue weighted by Gasteiger charge is 2.29. The summed E-state index contributed by atoms with van der Waals surface area (Å²) in [5.41, 5.74) is 1.76. The molecule has 5 heteroatoms. The highest BCUT2D eigenvalue weighted by Crippen LogP contribution is 2.20. The van der Waals surface area contributed by atoms with Crippen molar-refractivity contribution in [1.82, 2.24) is 10.2 Å². The average Bonchev–Trinajstić information content (AvgIpc) is 2.68. The Morgan fingerprint density at radius 3 is 2.29 bits per heavy atom. The van der Waals surface area contributed by atoms with Crippen LogP contribution >= 0.6 is 11.6 Å². The maximum Gasteiger partial charge on any atom is 0.242 e. The lowest BCUT2D eigenvalue weighted by atomic mass is 10.1. The van der Waals surface area contributed by atoms with Crippen LogP contribution in [0.3, 0.4) is 0 Å². The Kier molecular flexibility index (Phi) is 8.52. The molecule has 2 rings (SSSR count). The minimum absolute atomic E-state index is 0.0855. The predicted octanol–water partition coefficient (Wildman–Crippen LogP) is 4.46. The molecule has 0 bridgehead atoms. The third-order valence-electron chi connectivity index (χ3n) is 4.57. The molecule has 150 valence electrons. The van der Waals surface area contributed by atoms with Crippen LogP contribution in [0.2, 0.25) is 5.02 Å². The summed E-state index contributed by atoms with van der Waals surface area (Å²) in [7, 11) is 0. The van der Waals surface area contributed by atoms with Gasteiger partial charge in [-0.25, -0.2) is 0 Å². The van der Waals surface area contributed by atoms with Gasteiger partial charge in [0.2, 0.25) is 11.8 Å². The van der Waals surface area contributed by atoms with Crippen LogP contribution in [0, 0.1) is 5.92 Å². The Hall–Kier alpha value is -2.33. The molecule has 0 aromatic heterocycles. The quantitative estimate of drug-likeness (QED) is 0.675. The maximum atomic E-state index is 13.2. The van der Waals surface area contributed by atoms with Gasteiger partial charge in [-0.1, -0.05) is 80.9 Å². The summed E-state index contributed by atoms with van der Waals surface area (Å²) in [6.45, 7) is 6.91. The fraction of sp³-hybridized carbons (Fsp3) is 0.391. The van der Waals surface area contributed by atoms with E-state index in [0.29, 0.717) is 30.5 Å². The van der Waals surface area contributed by atoms with Crippen LogP contribution in [0.1, 0.15) is 38.3 Å². The van der Waals surface area contributed by atoms with Gasteiger partial charge in [0.1, 0.15) is 6.04 Å². The molecule has 2 amide bonds. The van der Waals surface area contributed by atoms with E-state index in [1.165, 1.54) is 0 Å². The first-order chi connectivity index (χ1) is 13.4. The van der Waals surface area contributed by atoms with E-state index in [9.17, 15) is 9.59 Å². The second-order valence-corrected chi connectivity index (χ2v) is 7.75. The van der Waals surface area contributed by atoms with E-state index in [0.717, 1.165) is 11.1 Å². The average molecular weight is 401 g/mol. The van der Waals surface area contributed by atoms with E-state index in [-0.39, 0.29) is 18.2 Å². The van der Waals surface area contributed by atoms with Gasteiger partial charge in [-0.05, 0) is 29.5 Å². The number of hydrogen-bond acceptors (Lipinski definition) is 2. The highest BCUT2D eigenvalue weighted by molar-refractivity contribution is 6.31. The smallest absolute Gasteiger partial charge is 0.242 e. The first kappa shape index (κ1) is 22.0. The van der Waals surface area contributed by atoms with Crippen LogP contribution in [0.15, 0.2) is 54.6 Å². The Balaban J connectivity index is 2.26. The van der Waals surface area contributed by atoms with E-state index >= 15 is 0 Å². The van der Waals surface area contributed by atoms with Crippen LogP contribution in [0.25, 0.3) is 0 Å². The van der Waals surface area contributed by atoms with Crippen molar-refractivity contribution in [3.05, 3.63) is 70.7 Å². The molecule has 0 fully saturated rings. The summed E-state index contributed by atoms with van der Waals surface area (Å²) in [5, 5.41) is 3.56. The van der Waals surface area contributed by atoms with E-state index in [2.05, 4.69) is 5.32 Å². The topological polar surface area (TPSA) is 49.4 Å². The standard InChI is InChI=1S/C23H29ClN2O2/c1-4-21(23(28)25-15-17(2)3)26(16-19-12-8-9-13-20(19)24)22(27)14-18-10-6-5-7-11-18/h5-13,17,21H,4,14-16H2,1-3H3,(H,25,28)/t21-/m0/s1. The lowest BCUT2D eigenvalue weighted by Gasteiger charge is -2.31. The van der Waals surface area contributed by atoms with E-state index < -0.39 is 6.04 Å². The molecule has 0 saturated carbocycles. The van der Waals surface area contributed by atoms with Crippen molar-refractivity contribution < 1.29 is 9.59 Å². The fourth-order valence-electron chi connectivity index (χ4n) is 3.02. The molecule has 0 heterocycles. The van der Waals surface area contributed by atoms with Crippen molar-refractivity contribution in [1.29, 1.82) is 0 Å². The van der Waals surface area contributed by atoms with Crippen molar-refractivity contribution >= 4 is 23.4 Å². The molecule has 0 spiro atoms. The molecule has 1 atom stereocenters. The molecule has 2 aromatic carbocycles. The summed E-state index contributed by atoms with van der Waals surface area (Å²) < 4.78 is 0. The molecule has 2 aromatic rings. The van der Waals surface area contributed by atoms with Crippen molar-refractivity contribution in [2.75, 3.05) is 6.54 Å². The van der Waals surface area contributed by atoms with Gasteiger partial charge in [-0.3, -0.25) is 9.59 Å². The minimum atomic E-state index is -0.536. The number of nitrogens with zero attached hydrogens (tertiary/aromatic N) is 1. The van der Waals surface area contributed by atoms with Crippen LogP contribution in [0.4, 0.5) is 0 Å².